The number of carbonyl (C=O) groups is 2. The number of thiophene rings is 1. The lowest BCUT2D eigenvalue weighted by Crippen LogP contribution is -2.39. The predicted octanol–water partition coefficient (Wildman–Crippen LogP) is 2.51. The summed E-state index contributed by atoms with van der Waals surface area (Å²) in [5.74, 6) is -1.37. The van der Waals surface area contributed by atoms with Crippen LogP contribution >= 0.6 is 11.3 Å². The Kier molecular flexibility index (Phi) is 5.22. The molecule has 0 spiro atoms. The molecule has 3 atom stereocenters. The first-order valence-electron chi connectivity index (χ1n) is 9.43. The van der Waals surface area contributed by atoms with E-state index in [1.165, 1.54) is 39.8 Å². The highest BCUT2D eigenvalue weighted by Gasteiger charge is 2.56. The van der Waals surface area contributed by atoms with E-state index in [0.717, 1.165) is 4.88 Å². The van der Waals surface area contributed by atoms with Gasteiger partial charge in [-0.2, -0.15) is 4.31 Å². The minimum Gasteiger partial charge on any atom is -0.497 e. The number of fused-ring (bicyclic) bond motifs is 1. The Labute approximate surface area is 173 Å². The van der Waals surface area contributed by atoms with Gasteiger partial charge in [-0.25, -0.2) is 8.42 Å². The molecule has 2 aliphatic heterocycles. The Balaban J connectivity index is 1.58. The van der Waals surface area contributed by atoms with E-state index in [2.05, 4.69) is 0 Å². The molecule has 154 valence electrons. The maximum Gasteiger partial charge on any atom is 0.243 e. The van der Waals surface area contributed by atoms with Gasteiger partial charge in [-0.1, -0.05) is 19.1 Å². The number of ether oxygens (including phenoxy) is 1. The van der Waals surface area contributed by atoms with Crippen molar-refractivity contribution in [3.8, 4) is 5.75 Å². The number of hydrogen-bond acceptors (Lipinski definition) is 6. The fraction of sp³-hybridized carbons (Fsp3) is 0.400. The van der Waals surface area contributed by atoms with E-state index in [0.29, 0.717) is 12.2 Å². The monoisotopic (exact) mass is 434 g/mol. The van der Waals surface area contributed by atoms with E-state index < -0.39 is 21.9 Å². The van der Waals surface area contributed by atoms with E-state index in [9.17, 15) is 18.0 Å². The first kappa shape index (κ1) is 20.1. The molecule has 3 heterocycles. The van der Waals surface area contributed by atoms with Crippen LogP contribution in [0.2, 0.25) is 0 Å². The molecular weight excluding hydrogens is 412 g/mol. The lowest BCUT2D eigenvalue weighted by molar-refractivity contribution is -0.143. The van der Waals surface area contributed by atoms with Crippen LogP contribution in [0.3, 0.4) is 0 Å². The van der Waals surface area contributed by atoms with Crippen LogP contribution < -0.4 is 4.74 Å². The predicted molar refractivity (Wildman–Crippen MR) is 108 cm³/mol. The quantitative estimate of drug-likeness (QED) is 0.653. The molecule has 1 unspecified atom stereocenters. The van der Waals surface area contributed by atoms with Gasteiger partial charge in [-0.15, -0.1) is 11.3 Å². The minimum absolute atomic E-state index is 0.0200. The van der Waals surface area contributed by atoms with Crippen molar-refractivity contribution in [2.45, 2.75) is 24.3 Å². The van der Waals surface area contributed by atoms with Crippen LogP contribution in [0.4, 0.5) is 0 Å². The zero-order valence-electron chi connectivity index (χ0n) is 16.1. The summed E-state index contributed by atoms with van der Waals surface area (Å²) in [7, 11) is -2.35. The lowest BCUT2D eigenvalue weighted by Gasteiger charge is -2.26. The molecular formula is C20H22N2O5S2. The zero-order valence-corrected chi connectivity index (χ0v) is 17.8. The molecule has 2 saturated heterocycles. The van der Waals surface area contributed by atoms with Crippen molar-refractivity contribution in [1.82, 2.24) is 9.21 Å². The summed E-state index contributed by atoms with van der Waals surface area (Å²) in [4.78, 5) is 28.6. The second-order valence-electron chi connectivity index (χ2n) is 7.20. The van der Waals surface area contributed by atoms with Gasteiger partial charge < -0.3 is 4.74 Å². The Morgan fingerprint density at radius 1 is 1.14 bits per heavy atom. The van der Waals surface area contributed by atoms with Gasteiger partial charge >= 0.3 is 0 Å². The van der Waals surface area contributed by atoms with Gasteiger partial charge in [-0.05, 0) is 30.0 Å². The number of imide groups is 1. The van der Waals surface area contributed by atoms with Crippen LogP contribution in [0.1, 0.15) is 24.3 Å². The molecule has 0 aliphatic carbocycles. The van der Waals surface area contributed by atoms with Crippen LogP contribution in [0.25, 0.3) is 0 Å². The van der Waals surface area contributed by atoms with Crippen molar-refractivity contribution in [2.75, 3.05) is 20.2 Å². The van der Waals surface area contributed by atoms with Gasteiger partial charge in [0, 0.05) is 24.0 Å². The third-order valence-corrected chi connectivity index (χ3v) is 8.45. The van der Waals surface area contributed by atoms with Crippen molar-refractivity contribution in [2.24, 2.45) is 11.8 Å². The standard InChI is InChI=1S/C20H22N2O5S2/c1-3-17(18-8-5-9-28-18)22-19(23)15-11-21(12-16(15)20(22)24)29(25,26)14-7-4-6-13(10-14)27-2/h4-10,15-17H,3,11-12H2,1-2H3/t15-,16+,17?. The number of hydrogen-bond donors (Lipinski definition) is 0. The molecule has 2 aliphatic rings. The third kappa shape index (κ3) is 3.27. The highest BCUT2D eigenvalue weighted by atomic mass is 32.2. The van der Waals surface area contributed by atoms with E-state index in [1.807, 2.05) is 24.4 Å². The van der Waals surface area contributed by atoms with E-state index >= 15 is 0 Å². The van der Waals surface area contributed by atoms with Crippen molar-refractivity contribution in [3.63, 3.8) is 0 Å². The maximum absolute atomic E-state index is 13.1. The molecule has 0 radical (unpaired) electrons. The number of carbonyl (C=O) groups excluding carboxylic acids is 2. The van der Waals surface area contributed by atoms with Crippen LogP contribution in [-0.2, 0) is 19.6 Å². The van der Waals surface area contributed by atoms with Crippen LogP contribution in [0.15, 0.2) is 46.7 Å². The Bertz CT molecular complexity index is 1010. The van der Waals surface area contributed by atoms with E-state index in [4.69, 9.17) is 4.74 Å². The summed E-state index contributed by atoms with van der Waals surface area (Å²) in [5, 5.41) is 1.92. The van der Waals surface area contributed by atoms with E-state index in [-0.39, 0.29) is 35.8 Å². The number of benzene rings is 1. The Hall–Kier alpha value is -2.23. The fourth-order valence-corrected chi connectivity index (χ4v) is 6.57. The lowest BCUT2D eigenvalue weighted by atomic mass is 10.00. The average molecular weight is 435 g/mol. The van der Waals surface area contributed by atoms with Gasteiger partial charge in [0.15, 0.2) is 0 Å². The highest BCUT2D eigenvalue weighted by molar-refractivity contribution is 7.89. The topological polar surface area (TPSA) is 84.0 Å². The molecule has 1 aromatic carbocycles. The molecule has 4 rings (SSSR count). The summed E-state index contributed by atoms with van der Waals surface area (Å²) < 4.78 is 32.4. The fourth-order valence-electron chi connectivity index (χ4n) is 4.14. The number of nitrogens with zero attached hydrogens (tertiary/aromatic N) is 2. The van der Waals surface area contributed by atoms with Crippen molar-refractivity contribution >= 4 is 33.2 Å². The summed E-state index contributed by atoms with van der Waals surface area (Å²) in [6, 6.07) is 9.74. The molecule has 2 aromatic rings. The van der Waals surface area contributed by atoms with Gasteiger partial charge in [-0.3, -0.25) is 14.5 Å². The molecule has 0 N–H and O–H groups in total. The van der Waals surface area contributed by atoms with Crippen molar-refractivity contribution in [3.05, 3.63) is 46.7 Å². The number of amides is 2. The molecule has 9 heteroatoms. The molecule has 7 nitrogen and oxygen atoms in total. The summed E-state index contributed by atoms with van der Waals surface area (Å²) in [6.45, 7) is 1.98. The highest BCUT2D eigenvalue weighted by Crippen LogP contribution is 2.41. The molecule has 2 amide bonds. The second kappa shape index (κ2) is 7.55. The van der Waals surface area contributed by atoms with Gasteiger partial charge in [0.25, 0.3) is 0 Å². The molecule has 0 saturated carbocycles. The summed E-state index contributed by atoms with van der Waals surface area (Å²) >= 11 is 1.52. The Morgan fingerprint density at radius 2 is 1.83 bits per heavy atom. The van der Waals surface area contributed by atoms with Crippen LogP contribution in [0.5, 0.6) is 5.75 Å². The first-order valence-corrected chi connectivity index (χ1v) is 11.7. The number of sulfonamides is 1. The maximum atomic E-state index is 13.1. The first-order chi connectivity index (χ1) is 13.9. The third-order valence-electron chi connectivity index (χ3n) is 5.64. The van der Waals surface area contributed by atoms with Crippen LogP contribution in [-0.4, -0.2) is 49.6 Å². The van der Waals surface area contributed by atoms with Gasteiger partial charge in [0.1, 0.15) is 5.75 Å². The average Bonchev–Trinajstić information content (AvgIpc) is 3.45. The number of likely N-dealkylation sites (tertiary alicyclic amines) is 1. The summed E-state index contributed by atoms with van der Waals surface area (Å²) in [6.07, 6.45) is 0.628. The molecule has 2 fully saturated rings. The van der Waals surface area contributed by atoms with Crippen molar-refractivity contribution in [1.29, 1.82) is 0 Å². The van der Waals surface area contributed by atoms with Crippen LogP contribution in [0, 0.1) is 11.8 Å². The van der Waals surface area contributed by atoms with E-state index in [1.54, 1.807) is 12.1 Å². The second-order valence-corrected chi connectivity index (χ2v) is 10.1. The molecule has 1 aromatic heterocycles. The van der Waals surface area contributed by atoms with Crippen molar-refractivity contribution < 1.29 is 22.7 Å². The largest absolute Gasteiger partial charge is 0.497 e. The number of rotatable bonds is 6. The zero-order chi connectivity index (χ0) is 20.8. The SMILES string of the molecule is CCC(c1cccs1)N1C(=O)[C@H]2CN(S(=O)(=O)c3cccc(OC)c3)C[C@H]2C1=O. The molecule has 29 heavy (non-hydrogen) atoms. The normalized spacial score (nSPS) is 23.4. The Morgan fingerprint density at radius 3 is 2.38 bits per heavy atom. The van der Waals surface area contributed by atoms with Gasteiger partial charge in [0.2, 0.25) is 21.8 Å². The smallest absolute Gasteiger partial charge is 0.243 e. The minimum atomic E-state index is -3.81. The number of methoxy groups -OCH3 is 1. The van der Waals surface area contributed by atoms with Gasteiger partial charge in [0.05, 0.1) is 29.9 Å². The molecule has 0 bridgehead atoms. The summed E-state index contributed by atoms with van der Waals surface area (Å²) in [5.41, 5.74) is 0.